The number of para-hydroxylation sites is 1. The van der Waals surface area contributed by atoms with E-state index in [1.807, 2.05) is 101 Å². The van der Waals surface area contributed by atoms with E-state index in [4.69, 9.17) is 0 Å². The second-order valence-corrected chi connectivity index (χ2v) is 21.7. The summed E-state index contributed by atoms with van der Waals surface area (Å²) in [5.74, 6) is 0.457. The molecule has 10 heterocycles. The maximum absolute atomic E-state index is 11.8. The van der Waals surface area contributed by atoms with Gasteiger partial charge in [0.15, 0.2) is 5.82 Å². The summed E-state index contributed by atoms with van der Waals surface area (Å²) in [7, 11) is 0. The average molecular weight is 1500 g/mol. The van der Waals surface area contributed by atoms with Gasteiger partial charge in [0.25, 0.3) is 0 Å². The first-order valence-corrected chi connectivity index (χ1v) is 36.3. The first-order valence-electron chi connectivity index (χ1n) is 36.3. The molecule has 109 heavy (non-hydrogen) atoms. The first kappa shape index (κ1) is 88.3. The van der Waals surface area contributed by atoms with Gasteiger partial charge >= 0.3 is 39.8 Å². The zero-order valence-corrected chi connectivity index (χ0v) is 64.6. The molecule has 11 aromatic rings. The minimum atomic E-state index is -0.341. The van der Waals surface area contributed by atoms with Crippen molar-refractivity contribution in [2.45, 2.75) is 193 Å². The Balaban J connectivity index is 0.000000264. The standard InChI is InChI=1S/C10H16N4O.C10H10N4O.3C9H9N5O.C9H14N4O.C7H10N4O.4C2H6/c2*1-2-8-13-10(15)14(12-11-13)9-6-4-3-5-7-9;1-2-7-13-9(15)14(12-11-13)8-3-5-10-6-4-8;1-2-7-13-9(15)14(12-11-13)8-5-3-4-6-10-8;1-2-6-13-9(15)14(12-11-13)8-4-3-5-10-7-8;1-2-7-12-9(14)13(11-10-12)8-5-3-4-6-8;1-2-5-10-7(12)11(9-8-10)6-3-4-6;4*1-2/h2,8-9H,3-7H2,1H3;2-8H,1H3;3*2-7H,1H3;2,7-8H,3-6H2,1H3;2,5-6H,3-4H2,1H3;4*1-2H3/b2*8-2+;2*7-2+;6-2+;7-2+;5-2+;;;;. The van der Waals surface area contributed by atoms with E-state index < -0.39 is 0 Å². The Morgan fingerprint density at radius 3 is 0.917 bits per heavy atom. The third-order valence-electron chi connectivity index (χ3n) is 14.5. The maximum Gasteiger partial charge on any atom is 0.374 e. The minimum Gasteiger partial charge on any atom is -0.265 e. The van der Waals surface area contributed by atoms with Crippen LogP contribution in [0.25, 0.3) is 66.3 Å². The van der Waals surface area contributed by atoms with Crippen LogP contribution >= 0.6 is 0 Å². The SMILES string of the molecule is C/C=C/n1nnn(-c2ccccc2)c1=O.C/C=C/n1nnn(-c2ccccn2)c1=O.C/C=C/n1nnn(-c2cccnc2)c1=O.C/C=C/n1nnn(-c2ccncc2)c1=O.C/C=C/n1nnn(C2CC2)c1=O.C/C=C/n1nnn(C2CCCC2)c1=O.C/C=C/n1nnn(C2CCCCC2)c1=O.CC.CC.CC.CC. The Hall–Kier alpha value is -13.1. The monoisotopic (exact) mass is 1500 g/mol. The summed E-state index contributed by atoms with van der Waals surface area (Å²) in [5, 5.41) is 52.6. The average Bonchev–Trinajstić information content (AvgIpc) is 1.68. The Labute approximate surface area is 629 Å². The van der Waals surface area contributed by atoms with Crippen molar-refractivity contribution in [2.24, 2.45) is 0 Å². The van der Waals surface area contributed by atoms with Gasteiger partial charge in [-0.1, -0.05) is 154 Å². The van der Waals surface area contributed by atoms with Crippen molar-refractivity contribution in [1.29, 1.82) is 0 Å². The molecule has 3 aliphatic rings. The van der Waals surface area contributed by atoms with Gasteiger partial charge in [0.2, 0.25) is 0 Å². The van der Waals surface area contributed by atoms with Gasteiger partial charge < -0.3 is 0 Å². The molecular formula is C71H101N31O7. The van der Waals surface area contributed by atoms with Crippen molar-refractivity contribution in [2.75, 3.05) is 0 Å². The molecule has 0 bridgehead atoms. The number of allylic oxidation sites excluding steroid dienone is 7. The third-order valence-corrected chi connectivity index (χ3v) is 14.5. The van der Waals surface area contributed by atoms with Crippen LogP contribution in [-0.2, 0) is 0 Å². The van der Waals surface area contributed by atoms with Crippen LogP contribution < -0.4 is 39.8 Å². The molecule has 0 radical (unpaired) electrons. The van der Waals surface area contributed by atoms with Crippen LogP contribution in [0, 0.1) is 0 Å². The number of nitrogens with zero attached hydrogens (tertiary/aromatic N) is 31. The van der Waals surface area contributed by atoms with Gasteiger partial charge in [-0.05, 0) is 209 Å². The van der Waals surface area contributed by atoms with E-state index in [1.54, 1.807) is 186 Å². The lowest BCUT2D eigenvalue weighted by atomic mass is 9.96. The third kappa shape index (κ3) is 26.2. The predicted octanol–water partition coefficient (Wildman–Crippen LogP) is 8.71. The summed E-state index contributed by atoms with van der Waals surface area (Å²) in [4.78, 5) is 93.4. The number of hydrogen-bond acceptors (Lipinski definition) is 24. The van der Waals surface area contributed by atoms with Gasteiger partial charge in [-0.3, -0.25) is 9.97 Å². The van der Waals surface area contributed by atoms with E-state index in [0.717, 1.165) is 52.6 Å². The Morgan fingerprint density at radius 1 is 0.275 bits per heavy atom. The number of aromatic nitrogens is 31. The fourth-order valence-corrected chi connectivity index (χ4v) is 9.60. The van der Waals surface area contributed by atoms with Gasteiger partial charge in [-0.15, -0.1) is 4.68 Å². The van der Waals surface area contributed by atoms with Crippen LogP contribution in [0.15, 0.2) is 180 Å². The van der Waals surface area contributed by atoms with Crippen molar-refractivity contribution in [3.63, 3.8) is 0 Å². The molecule has 10 aromatic heterocycles. The molecule has 0 N–H and O–H groups in total. The van der Waals surface area contributed by atoms with Crippen molar-refractivity contribution in [1.82, 2.24) is 153 Å². The lowest BCUT2D eigenvalue weighted by Crippen LogP contribution is -2.27. The van der Waals surface area contributed by atoms with Gasteiger partial charge in [0.05, 0.1) is 41.4 Å². The number of rotatable bonds is 14. The molecule has 14 rings (SSSR count). The second-order valence-electron chi connectivity index (χ2n) is 21.7. The van der Waals surface area contributed by atoms with E-state index in [2.05, 4.69) is 87.9 Å². The fourth-order valence-electron chi connectivity index (χ4n) is 9.60. The zero-order valence-electron chi connectivity index (χ0n) is 64.6. The Morgan fingerprint density at radius 2 is 0.578 bits per heavy atom. The highest BCUT2D eigenvalue weighted by molar-refractivity contribution is 5.31. The van der Waals surface area contributed by atoms with E-state index >= 15 is 0 Å². The molecule has 0 aliphatic heterocycles. The second kappa shape index (κ2) is 49.6. The highest BCUT2D eigenvalue weighted by Gasteiger charge is 2.28. The van der Waals surface area contributed by atoms with E-state index in [-0.39, 0.29) is 51.9 Å². The van der Waals surface area contributed by atoms with Crippen LogP contribution in [0.5, 0.6) is 0 Å². The normalized spacial score (nSPS) is 13.1. The Bertz CT molecular complexity index is 4590. The fraction of sp³-hybridized carbons (Fsp3) is 0.408. The summed E-state index contributed by atoms with van der Waals surface area (Å²) in [6, 6.07) is 22.1. The zero-order chi connectivity index (χ0) is 79.9. The molecule has 0 saturated heterocycles. The molecule has 1 aromatic carbocycles. The van der Waals surface area contributed by atoms with Crippen LogP contribution in [0.2, 0.25) is 0 Å². The number of tetrazole rings is 7. The van der Waals surface area contributed by atoms with Crippen molar-refractivity contribution >= 4 is 43.4 Å². The van der Waals surface area contributed by atoms with Crippen LogP contribution in [0.4, 0.5) is 0 Å². The molecule has 38 nitrogen and oxygen atoms in total. The molecule has 582 valence electrons. The van der Waals surface area contributed by atoms with Gasteiger partial charge in [-0.25, -0.2) is 38.5 Å². The quantitative estimate of drug-likeness (QED) is 0.0981. The van der Waals surface area contributed by atoms with Crippen LogP contribution in [0.3, 0.4) is 0 Å². The summed E-state index contributed by atoms with van der Waals surface area (Å²) in [6.07, 6.45) is 43.5. The number of pyridine rings is 3. The van der Waals surface area contributed by atoms with Gasteiger partial charge in [0.1, 0.15) is 0 Å². The van der Waals surface area contributed by atoms with Crippen LogP contribution in [-0.4, -0.2) is 153 Å². The molecule has 3 aliphatic carbocycles. The largest absolute Gasteiger partial charge is 0.374 e. The lowest BCUT2D eigenvalue weighted by molar-refractivity contribution is 0.318. The van der Waals surface area contributed by atoms with Crippen molar-refractivity contribution in [3.8, 4) is 22.9 Å². The summed E-state index contributed by atoms with van der Waals surface area (Å²) in [6.45, 7) is 28.8. The molecular weight excluding hydrogens is 1400 g/mol. The predicted molar refractivity (Wildman–Crippen MR) is 419 cm³/mol. The molecule has 3 fully saturated rings. The minimum absolute atomic E-state index is 0.125. The van der Waals surface area contributed by atoms with Crippen molar-refractivity contribution < 1.29 is 0 Å². The maximum atomic E-state index is 11.8. The number of benzene rings is 1. The lowest BCUT2D eigenvalue weighted by Gasteiger charge is -2.19. The topological polar surface area (TPSA) is 408 Å². The molecule has 0 amide bonds. The smallest absolute Gasteiger partial charge is 0.265 e. The van der Waals surface area contributed by atoms with Crippen LogP contribution in [0.1, 0.15) is 193 Å². The van der Waals surface area contributed by atoms with Crippen molar-refractivity contribution in [3.05, 3.63) is 220 Å². The van der Waals surface area contributed by atoms with E-state index in [1.165, 1.54) is 89.8 Å². The summed E-state index contributed by atoms with van der Waals surface area (Å²) < 4.78 is 17.7. The number of hydrogen-bond donors (Lipinski definition) is 0. The molecule has 38 heteroatoms. The summed E-state index contributed by atoms with van der Waals surface area (Å²) in [5.41, 5.74) is 0.305. The Kier molecular flexibility index (Phi) is 40.2. The molecule has 0 spiro atoms. The van der Waals surface area contributed by atoms with Gasteiger partial charge in [-0.2, -0.15) is 60.9 Å². The first-order chi connectivity index (χ1) is 53.3. The summed E-state index contributed by atoms with van der Waals surface area (Å²) >= 11 is 0. The van der Waals surface area contributed by atoms with E-state index in [9.17, 15) is 33.6 Å². The highest BCUT2D eigenvalue weighted by Crippen LogP contribution is 2.32. The molecule has 0 atom stereocenters. The van der Waals surface area contributed by atoms with Gasteiger partial charge in [0, 0.05) is 68.2 Å². The molecule has 3 saturated carbocycles. The highest BCUT2D eigenvalue weighted by atomic mass is 16.2. The van der Waals surface area contributed by atoms with E-state index in [0.29, 0.717) is 28.9 Å². The molecule has 0 unspecified atom stereocenters.